The third-order valence-electron chi connectivity index (χ3n) is 5.60. The summed E-state index contributed by atoms with van der Waals surface area (Å²) in [6, 6.07) is 9.17. The predicted molar refractivity (Wildman–Crippen MR) is 144 cm³/mol. The molecule has 5 nitrogen and oxygen atoms in total. The summed E-state index contributed by atoms with van der Waals surface area (Å²) in [5.41, 5.74) is 0.392. The molecule has 0 unspecified atom stereocenters. The molecule has 4 rings (SSSR count). The van der Waals surface area contributed by atoms with Gasteiger partial charge in [0.2, 0.25) is 0 Å². The number of benzene rings is 3. The van der Waals surface area contributed by atoms with Crippen molar-refractivity contribution in [3.05, 3.63) is 84.4 Å². The maximum Gasteiger partial charge on any atom is 0.333 e. The topological polar surface area (TPSA) is 64.6 Å². The summed E-state index contributed by atoms with van der Waals surface area (Å²) in [6.45, 7) is 5.17. The zero-order chi connectivity index (χ0) is 27.1. The lowest BCUT2D eigenvalue weighted by Gasteiger charge is -2.25. The maximum absolute atomic E-state index is 13.8. The number of fused-ring (bicyclic) bond motifs is 1. The van der Waals surface area contributed by atoms with Gasteiger partial charge in [-0.05, 0) is 74.0 Å². The van der Waals surface area contributed by atoms with Crippen molar-refractivity contribution < 1.29 is 23.5 Å². The number of carbonyl (C=O) groups is 2. The van der Waals surface area contributed by atoms with Crippen LogP contribution < -0.4 is 20.5 Å². The zero-order valence-corrected chi connectivity index (χ0v) is 22.8. The van der Waals surface area contributed by atoms with Crippen LogP contribution in [0, 0.1) is 5.82 Å². The molecule has 0 fully saturated rings. The molecule has 1 aliphatic heterocycles. The number of ether oxygens (including phenoxy) is 2. The van der Waals surface area contributed by atoms with Crippen molar-refractivity contribution in [3.63, 3.8) is 0 Å². The SMILES string of the molecule is C[C@H](NC(=O)c1c(Cl)cccc1Cl)C(=O)Oc1ccc(-c2c(Cl)cc(F)cc2Cl)c2c1=COC(C)(C)C=2. The molecule has 0 radical (unpaired) electrons. The summed E-state index contributed by atoms with van der Waals surface area (Å²) in [5.74, 6) is -1.74. The lowest BCUT2D eigenvalue weighted by atomic mass is 9.96. The number of halogens is 5. The fraction of sp³-hybridized carbons (Fsp3) is 0.185. The van der Waals surface area contributed by atoms with E-state index in [4.69, 9.17) is 55.9 Å². The number of esters is 1. The van der Waals surface area contributed by atoms with E-state index < -0.39 is 29.3 Å². The summed E-state index contributed by atoms with van der Waals surface area (Å²) in [4.78, 5) is 25.6. The van der Waals surface area contributed by atoms with Gasteiger partial charge in [0.05, 0.1) is 37.1 Å². The molecule has 0 saturated heterocycles. The molecule has 0 saturated carbocycles. The molecule has 1 N–H and O–H groups in total. The zero-order valence-electron chi connectivity index (χ0n) is 19.8. The molecular weight excluding hydrogens is 563 g/mol. The van der Waals surface area contributed by atoms with Crippen LogP contribution in [0.2, 0.25) is 20.1 Å². The van der Waals surface area contributed by atoms with Gasteiger partial charge >= 0.3 is 5.97 Å². The number of hydrogen-bond acceptors (Lipinski definition) is 4. The van der Waals surface area contributed by atoms with Crippen molar-refractivity contribution in [2.24, 2.45) is 0 Å². The van der Waals surface area contributed by atoms with Gasteiger partial charge < -0.3 is 14.8 Å². The van der Waals surface area contributed by atoms with Gasteiger partial charge in [0.25, 0.3) is 5.91 Å². The Kier molecular flexibility index (Phi) is 7.77. The van der Waals surface area contributed by atoms with Crippen LogP contribution in [-0.4, -0.2) is 23.5 Å². The molecule has 0 aromatic heterocycles. The van der Waals surface area contributed by atoms with Crippen LogP contribution in [0.25, 0.3) is 23.5 Å². The minimum Gasteiger partial charge on any atom is -0.491 e. The van der Waals surface area contributed by atoms with Crippen LogP contribution in [0.4, 0.5) is 4.39 Å². The standard InChI is InChI=1S/C27H20Cl4FNO4/c1-13(33-25(34)24-18(28)5-4-6-19(24)29)26(35)37-22-8-7-15(16-11-27(2,3)36-12-17(16)22)23-20(30)9-14(32)10-21(23)31/h4-13H,1-3H3,(H,33,34)/t13-/m0/s1. The van der Waals surface area contributed by atoms with E-state index in [1.54, 1.807) is 18.2 Å². The highest BCUT2D eigenvalue weighted by atomic mass is 35.5. The highest BCUT2D eigenvalue weighted by Gasteiger charge is 2.25. The van der Waals surface area contributed by atoms with Crippen molar-refractivity contribution >= 4 is 70.6 Å². The molecule has 1 amide bonds. The van der Waals surface area contributed by atoms with Crippen LogP contribution in [0.1, 0.15) is 31.1 Å². The van der Waals surface area contributed by atoms with Crippen LogP contribution >= 0.6 is 46.4 Å². The average molecular weight is 583 g/mol. The maximum atomic E-state index is 13.8. The molecule has 0 aliphatic carbocycles. The van der Waals surface area contributed by atoms with E-state index in [0.717, 1.165) is 0 Å². The van der Waals surface area contributed by atoms with Crippen LogP contribution in [0.3, 0.4) is 0 Å². The fourth-order valence-corrected chi connectivity index (χ4v) is 5.06. The Hall–Kier alpha value is -2.77. The second-order valence-electron chi connectivity index (χ2n) is 8.88. The molecule has 1 heterocycles. The molecule has 10 heteroatoms. The first-order chi connectivity index (χ1) is 17.4. The van der Waals surface area contributed by atoms with Gasteiger partial charge in [-0.3, -0.25) is 4.79 Å². The van der Waals surface area contributed by atoms with Gasteiger partial charge in [-0.2, -0.15) is 0 Å². The Morgan fingerprint density at radius 1 is 0.973 bits per heavy atom. The molecule has 0 spiro atoms. The molecular formula is C27H20Cl4FNO4. The molecule has 1 aliphatic rings. The van der Waals surface area contributed by atoms with Crippen LogP contribution in [0.5, 0.6) is 5.75 Å². The van der Waals surface area contributed by atoms with Gasteiger partial charge in [0, 0.05) is 5.56 Å². The Morgan fingerprint density at radius 3 is 2.22 bits per heavy atom. The molecule has 192 valence electrons. The highest BCUT2D eigenvalue weighted by Crippen LogP contribution is 2.34. The second kappa shape index (κ2) is 10.5. The summed E-state index contributed by atoms with van der Waals surface area (Å²) in [6.07, 6.45) is 3.30. The third kappa shape index (κ3) is 5.73. The Bertz CT molecular complexity index is 1510. The van der Waals surface area contributed by atoms with Gasteiger partial charge in [0.1, 0.15) is 23.2 Å². The number of nitrogens with one attached hydrogen (secondary N) is 1. The minimum atomic E-state index is -1.04. The summed E-state index contributed by atoms with van der Waals surface area (Å²) in [5, 5.41) is 4.20. The minimum absolute atomic E-state index is 0.0545. The summed E-state index contributed by atoms with van der Waals surface area (Å²) >= 11 is 24.9. The Balaban J connectivity index is 1.69. The van der Waals surface area contributed by atoms with Crippen molar-refractivity contribution in [1.29, 1.82) is 0 Å². The number of rotatable bonds is 5. The van der Waals surface area contributed by atoms with Crippen molar-refractivity contribution in [2.75, 3.05) is 0 Å². The van der Waals surface area contributed by atoms with E-state index in [1.165, 1.54) is 37.5 Å². The highest BCUT2D eigenvalue weighted by molar-refractivity contribution is 6.40. The van der Waals surface area contributed by atoms with Gasteiger partial charge in [-0.15, -0.1) is 0 Å². The number of carbonyl (C=O) groups excluding carboxylic acids is 2. The largest absolute Gasteiger partial charge is 0.491 e. The smallest absolute Gasteiger partial charge is 0.333 e. The van der Waals surface area contributed by atoms with E-state index in [2.05, 4.69) is 5.32 Å². The van der Waals surface area contributed by atoms with Gasteiger partial charge in [-0.25, -0.2) is 9.18 Å². The fourth-order valence-electron chi connectivity index (χ4n) is 3.83. The Labute approximate surface area is 232 Å². The summed E-state index contributed by atoms with van der Waals surface area (Å²) < 4.78 is 25.2. The van der Waals surface area contributed by atoms with Crippen molar-refractivity contribution in [2.45, 2.75) is 32.4 Å². The average Bonchev–Trinajstić information content (AvgIpc) is 2.78. The van der Waals surface area contributed by atoms with E-state index in [-0.39, 0.29) is 31.4 Å². The molecule has 3 aromatic rings. The first-order valence-electron chi connectivity index (χ1n) is 11.0. The third-order valence-corrected chi connectivity index (χ3v) is 6.82. The van der Waals surface area contributed by atoms with E-state index >= 15 is 0 Å². The molecule has 3 aromatic carbocycles. The number of hydrogen-bond donors (Lipinski definition) is 1. The van der Waals surface area contributed by atoms with Gasteiger partial charge in [-0.1, -0.05) is 52.5 Å². The first kappa shape index (κ1) is 27.3. The van der Waals surface area contributed by atoms with Crippen LogP contribution in [0.15, 0.2) is 42.5 Å². The summed E-state index contributed by atoms with van der Waals surface area (Å²) in [7, 11) is 0. The molecule has 37 heavy (non-hydrogen) atoms. The molecule has 1 atom stereocenters. The van der Waals surface area contributed by atoms with E-state index in [0.29, 0.717) is 21.6 Å². The van der Waals surface area contributed by atoms with Gasteiger partial charge in [0.15, 0.2) is 0 Å². The second-order valence-corrected chi connectivity index (χ2v) is 10.5. The quantitative estimate of drug-likeness (QED) is 0.289. The predicted octanol–water partition coefficient (Wildman–Crippen LogP) is 6.16. The van der Waals surface area contributed by atoms with Crippen LogP contribution in [-0.2, 0) is 9.53 Å². The molecule has 0 bridgehead atoms. The van der Waals surface area contributed by atoms with Crippen molar-refractivity contribution in [1.82, 2.24) is 5.32 Å². The van der Waals surface area contributed by atoms with E-state index in [1.807, 2.05) is 19.9 Å². The van der Waals surface area contributed by atoms with E-state index in [9.17, 15) is 14.0 Å². The lowest BCUT2D eigenvalue weighted by molar-refractivity contribution is -0.136. The monoisotopic (exact) mass is 581 g/mol. The Morgan fingerprint density at radius 2 is 1.59 bits per heavy atom. The van der Waals surface area contributed by atoms with Crippen molar-refractivity contribution in [3.8, 4) is 16.9 Å². The first-order valence-corrected chi connectivity index (χ1v) is 12.5. The normalized spacial score (nSPS) is 14.4. The number of amides is 1. The lowest BCUT2D eigenvalue weighted by Crippen LogP contribution is -2.43.